The topological polar surface area (TPSA) is 78.3 Å². The van der Waals surface area contributed by atoms with Crippen LogP contribution in [0.1, 0.15) is 22.0 Å². The van der Waals surface area contributed by atoms with Crippen LogP contribution in [0.2, 0.25) is 0 Å². The highest BCUT2D eigenvalue weighted by molar-refractivity contribution is 5.92. The zero-order valence-electron chi connectivity index (χ0n) is 11.9. The van der Waals surface area contributed by atoms with Gasteiger partial charge in [-0.05, 0) is 17.7 Å². The fourth-order valence-electron chi connectivity index (χ4n) is 2.46. The highest BCUT2D eigenvalue weighted by Crippen LogP contribution is 2.28. The minimum Gasteiger partial charge on any atom is -0.497 e. The van der Waals surface area contributed by atoms with Gasteiger partial charge in [0.15, 0.2) is 5.82 Å². The predicted molar refractivity (Wildman–Crippen MR) is 75.6 cm³/mol. The molecule has 7 nitrogen and oxygen atoms in total. The fraction of sp³-hybridized carbons (Fsp3) is 0.357. The maximum absolute atomic E-state index is 11.6. The van der Waals surface area contributed by atoms with Crippen LogP contribution in [-0.2, 0) is 11.3 Å². The molecule has 1 aromatic heterocycles. The van der Waals surface area contributed by atoms with Crippen LogP contribution >= 0.6 is 0 Å². The van der Waals surface area contributed by atoms with Crippen molar-refractivity contribution in [3.05, 3.63) is 35.5 Å². The Morgan fingerprint density at radius 3 is 3.05 bits per heavy atom. The Labute approximate surface area is 121 Å². The maximum Gasteiger partial charge on any atom is 0.362 e. The number of methoxy groups -OCH3 is 2. The molecule has 1 aliphatic heterocycles. The van der Waals surface area contributed by atoms with Gasteiger partial charge < -0.3 is 14.8 Å². The second kappa shape index (κ2) is 5.43. The van der Waals surface area contributed by atoms with Crippen molar-refractivity contribution in [3.8, 4) is 5.75 Å². The number of fused-ring (bicyclic) bond motifs is 1. The number of ether oxygens (including phenoxy) is 2. The van der Waals surface area contributed by atoms with Crippen LogP contribution in [0.15, 0.2) is 24.3 Å². The van der Waals surface area contributed by atoms with Crippen molar-refractivity contribution in [2.24, 2.45) is 0 Å². The molecule has 7 heteroatoms. The Balaban J connectivity index is 1.84. The van der Waals surface area contributed by atoms with E-state index in [1.165, 1.54) is 7.11 Å². The zero-order valence-corrected chi connectivity index (χ0v) is 11.9. The van der Waals surface area contributed by atoms with Crippen molar-refractivity contribution in [3.63, 3.8) is 0 Å². The number of hydrogen-bond acceptors (Lipinski definition) is 6. The smallest absolute Gasteiger partial charge is 0.362 e. The van der Waals surface area contributed by atoms with Crippen LogP contribution in [0.3, 0.4) is 0 Å². The summed E-state index contributed by atoms with van der Waals surface area (Å²) in [6.45, 7) is 1.35. The molecule has 1 unspecified atom stereocenters. The Morgan fingerprint density at radius 2 is 2.29 bits per heavy atom. The molecular weight excluding hydrogens is 272 g/mol. The molecular formula is C14H16N4O3. The lowest BCUT2D eigenvalue weighted by atomic mass is 9.97. The lowest BCUT2D eigenvalue weighted by Gasteiger charge is -2.25. The molecule has 0 amide bonds. The van der Waals surface area contributed by atoms with Gasteiger partial charge in [0, 0.05) is 12.5 Å². The number of aromatic nitrogens is 3. The van der Waals surface area contributed by atoms with Crippen LogP contribution in [0.25, 0.3) is 0 Å². The number of benzene rings is 1. The summed E-state index contributed by atoms with van der Waals surface area (Å²) in [6.07, 6.45) is 0. The fourth-order valence-corrected chi connectivity index (χ4v) is 2.46. The van der Waals surface area contributed by atoms with Crippen molar-refractivity contribution in [2.45, 2.75) is 12.5 Å². The number of esters is 1. The van der Waals surface area contributed by atoms with Gasteiger partial charge in [-0.15, -0.1) is 5.10 Å². The monoisotopic (exact) mass is 288 g/mol. The largest absolute Gasteiger partial charge is 0.497 e. The predicted octanol–water partition coefficient (Wildman–Crippen LogP) is 1.28. The second-order valence-corrected chi connectivity index (χ2v) is 4.81. The Bertz CT molecular complexity index is 668. The number of carbonyl (C=O) groups excluding carboxylic acids is 1. The van der Waals surface area contributed by atoms with Gasteiger partial charge in [0.2, 0.25) is 5.69 Å². The van der Waals surface area contributed by atoms with Crippen LogP contribution in [-0.4, -0.2) is 41.7 Å². The quantitative estimate of drug-likeness (QED) is 0.857. The van der Waals surface area contributed by atoms with E-state index >= 15 is 0 Å². The van der Waals surface area contributed by atoms with E-state index in [1.54, 1.807) is 11.8 Å². The van der Waals surface area contributed by atoms with Crippen molar-refractivity contribution < 1.29 is 14.3 Å². The summed E-state index contributed by atoms with van der Waals surface area (Å²) in [5.41, 5.74) is 1.38. The molecule has 0 fully saturated rings. The normalized spacial score (nSPS) is 16.8. The van der Waals surface area contributed by atoms with Crippen LogP contribution in [0.4, 0.5) is 5.82 Å². The van der Waals surface area contributed by atoms with E-state index < -0.39 is 5.97 Å². The summed E-state index contributed by atoms with van der Waals surface area (Å²) in [6, 6.07) is 7.94. The third kappa shape index (κ3) is 2.42. The molecule has 1 aliphatic rings. The van der Waals surface area contributed by atoms with Crippen molar-refractivity contribution >= 4 is 11.8 Å². The maximum atomic E-state index is 11.6. The second-order valence-electron chi connectivity index (χ2n) is 4.81. The third-order valence-electron chi connectivity index (χ3n) is 3.59. The SMILES string of the molecule is COC(=O)c1nnn2c1NCC(c1cccc(OC)c1)C2. The molecule has 1 atom stereocenters. The summed E-state index contributed by atoms with van der Waals surface area (Å²) >= 11 is 0. The Kier molecular flexibility index (Phi) is 3.47. The van der Waals surface area contributed by atoms with Gasteiger partial charge in [-0.2, -0.15) is 0 Å². The zero-order chi connectivity index (χ0) is 14.8. The molecule has 0 radical (unpaired) electrons. The van der Waals surface area contributed by atoms with Gasteiger partial charge in [-0.1, -0.05) is 17.3 Å². The molecule has 21 heavy (non-hydrogen) atoms. The minimum atomic E-state index is -0.483. The number of carbonyl (C=O) groups is 1. The van der Waals surface area contributed by atoms with Crippen LogP contribution in [0, 0.1) is 0 Å². The van der Waals surface area contributed by atoms with E-state index in [2.05, 4.69) is 21.7 Å². The van der Waals surface area contributed by atoms with E-state index in [4.69, 9.17) is 9.47 Å². The lowest BCUT2D eigenvalue weighted by Crippen LogP contribution is -2.27. The van der Waals surface area contributed by atoms with Crippen molar-refractivity contribution in [1.29, 1.82) is 0 Å². The third-order valence-corrected chi connectivity index (χ3v) is 3.59. The summed E-state index contributed by atoms with van der Waals surface area (Å²) in [7, 11) is 2.98. The number of nitrogens with one attached hydrogen (secondary N) is 1. The number of rotatable bonds is 3. The minimum absolute atomic E-state index is 0.224. The van der Waals surface area contributed by atoms with E-state index in [9.17, 15) is 4.79 Å². The lowest BCUT2D eigenvalue weighted by molar-refractivity contribution is 0.0595. The summed E-state index contributed by atoms with van der Waals surface area (Å²) in [4.78, 5) is 11.6. The molecule has 1 aromatic carbocycles. The van der Waals surface area contributed by atoms with Gasteiger partial charge in [-0.3, -0.25) is 0 Å². The van der Waals surface area contributed by atoms with Crippen LogP contribution in [0.5, 0.6) is 5.75 Å². The van der Waals surface area contributed by atoms with Crippen molar-refractivity contribution in [1.82, 2.24) is 15.0 Å². The molecule has 0 saturated carbocycles. The molecule has 0 aliphatic carbocycles. The van der Waals surface area contributed by atoms with Gasteiger partial charge >= 0.3 is 5.97 Å². The first-order chi connectivity index (χ1) is 10.2. The van der Waals surface area contributed by atoms with Gasteiger partial charge in [0.1, 0.15) is 5.75 Å². The highest BCUT2D eigenvalue weighted by Gasteiger charge is 2.27. The van der Waals surface area contributed by atoms with E-state index in [0.29, 0.717) is 18.9 Å². The molecule has 0 bridgehead atoms. The van der Waals surface area contributed by atoms with Gasteiger partial charge in [0.05, 0.1) is 20.8 Å². The van der Waals surface area contributed by atoms with E-state index in [1.807, 2.05) is 18.2 Å². The molecule has 110 valence electrons. The van der Waals surface area contributed by atoms with E-state index in [0.717, 1.165) is 11.3 Å². The number of hydrogen-bond donors (Lipinski definition) is 1. The highest BCUT2D eigenvalue weighted by atomic mass is 16.5. The van der Waals surface area contributed by atoms with Crippen molar-refractivity contribution in [2.75, 3.05) is 26.1 Å². The first kappa shape index (κ1) is 13.4. The molecule has 0 saturated heterocycles. The average Bonchev–Trinajstić information content (AvgIpc) is 2.97. The Hall–Kier alpha value is -2.57. The molecule has 0 spiro atoms. The van der Waals surface area contributed by atoms with Gasteiger partial charge in [0.25, 0.3) is 0 Å². The molecule has 1 N–H and O–H groups in total. The molecule has 2 aromatic rings. The number of nitrogens with zero attached hydrogens (tertiary/aromatic N) is 3. The first-order valence-corrected chi connectivity index (χ1v) is 6.62. The standard InChI is InChI=1S/C14H16N4O3/c1-20-11-5-3-4-9(6-11)10-7-15-13-12(14(19)21-2)16-17-18(13)8-10/h3-6,10,15H,7-8H2,1-2H3. The number of anilines is 1. The summed E-state index contributed by atoms with van der Waals surface area (Å²) in [5.74, 6) is 1.19. The molecule has 3 rings (SSSR count). The Morgan fingerprint density at radius 1 is 1.43 bits per heavy atom. The average molecular weight is 288 g/mol. The van der Waals surface area contributed by atoms with Gasteiger partial charge in [-0.25, -0.2) is 9.48 Å². The molecule has 2 heterocycles. The first-order valence-electron chi connectivity index (χ1n) is 6.62. The summed E-state index contributed by atoms with van der Waals surface area (Å²) in [5, 5.41) is 11.1. The van der Waals surface area contributed by atoms with E-state index in [-0.39, 0.29) is 11.6 Å². The summed E-state index contributed by atoms with van der Waals surface area (Å²) < 4.78 is 11.6. The van der Waals surface area contributed by atoms with Crippen LogP contribution < -0.4 is 10.1 Å².